The molecule has 21 heavy (non-hydrogen) atoms. The van der Waals surface area contributed by atoms with Crippen LogP contribution in [0.25, 0.3) is 0 Å². The zero-order valence-electron chi connectivity index (χ0n) is 12.7. The van der Waals surface area contributed by atoms with E-state index >= 15 is 0 Å². The summed E-state index contributed by atoms with van der Waals surface area (Å²) >= 11 is 12.6. The number of benzene rings is 2. The number of aryl methyl sites for hydroxylation is 2. The molecule has 0 saturated carbocycles. The van der Waals surface area contributed by atoms with E-state index in [2.05, 4.69) is 44.3 Å². The molecule has 0 saturated heterocycles. The zero-order chi connectivity index (χ0) is 15.4. The van der Waals surface area contributed by atoms with Gasteiger partial charge in [-0.15, -0.1) is 0 Å². The van der Waals surface area contributed by atoms with Crippen molar-refractivity contribution in [2.24, 2.45) is 0 Å². The fourth-order valence-corrected chi connectivity index (χ4v) is 3.10. The first kappa shape index (κ1) is 16.4. The quantitative estimate of drug-likeness (QED) is 0.744. The Kier molecular flexibility index (Phi) is 5.69. The van der Waals surface area contributed by atoms with Gasteiger partial charge in [-0.05, 0) is 55.1 Å². The molecule has 1 nitrogen and oxygen atoms in total. The van der Waals surface area contributed by atoms with Crippen LogP contribution in [0.5, 0.6) is 0 Å². The standard InChI is InChI=1S/C18H21Cl2N/c1-4-11-21-18(14-9-6-10-15(19)17(14)20)16-12(2)7-5-8-13(16)3/h5-10,18,21H,4,11H2,1-3H3. The predicted octanol–water partition coefficient (Wildman–Crippen LogP) is 5.70. The molecule has 0 aliphatic rings. The van der Waals surface area contributed by atoms with Crippen LogP contribution in [0, 0.1) is 13.8 Å². The summed E-state index contributed by atoms with van der Waals surface area (Å²) in [7, 11) is 0. The van der Waals surface area contributed by atoms with Crippen molar-refractivity contribution in [1.29, 1.82) is 0 Å². The second kappa shape index (κ2) is 7.31. The molecule has 2 aromatic rings. The third kappa shape index (κ3) is 3.60. The Morgan fingerprint density at radius 1 is 1.00 bits per heavy atom. The normalized spacial score (nSPS) is 12.4. The molecular formula is C18H21Cl2N. The molecule has 0 aliphatic carbocycles. The highest BCUT2D eigenvalue weighted by molar-refractivity contribution is 6.42. The van der Waals surface area contributed by atoms with Crippen LogP contribution >= 0.6 is 23.2 Å². The van der Waals surface area contributed by atoms with Crippen LogP contribution in [0.4, 0.5) is 0 Å². The van der Waals surface area contributed by atoms with Crippen molar-refractivity contribution >= 4 is 23.2 Å². The maximum absolute atomic E-state index is 6.45. The van der Waals surface area contributed by atoms with Crippen molar-refractivity contribution in [3.05, 3.63) is 68.7 Å². The molecule has 112 valence electrons. The topological polar surface area (TPSA) is 12.0 Å². The Morgan fingerprint density at radius 3 is 2.24 bits per heavy atom. The molecule has 0 amide bonds. The van der Waals surface area contributed by atoms with Crippen LogP contribution in [-0.4, -0.2) is 6.54 Å². The number of hydrogen-bond acceptors (Lipinski definition) is 1. The van der Waals surface area contributed by atoms with E-state index in [0.717, 1.165) is 18.5 Å². The maximum atomic E-state index is 6.45. The second-order valence-electron chi connectivity index (χ2n) is 5.34. The predicted molar refractivity (Wildman–Crippen MR) is 92.5 cm³/mol. The van der Waals surface area contributed by atoms with Gasteiger partial charge >= 0.3 is 0 Å². The molecule has 0 aromatic heterocycles. The first-order chi connectivity index (χ1) is 10.1. The van der Waals surface area contributed by atoms with E-state index in [4.69, 9.17) is 23.2 Å². The highest BCUT2D eigenvalue weighted by Gasteiger charge is 2.20. The molecule has 1 unspecified atom stereocenters. The Bertz CT molecular complexity index is 602. The molecule has 0 fully saturated rings. The number of rotatable bonds is 5. The highest BCUT2D eigenvalue weighted by Crippen LogP contribution is 2.35. The Labute approximate surface area is 137 Å². The zero-order valence-corrected chi connectivity index (χ0v) is 14.2. The highest BCUT2D eigenvalue weighted by atomic mass is 35.5. The monoisotopic (exact) mass is 321 g/mol. The first-order valence-electron chi connectivity index (χ1n) is 7.29. The molecule has 0 heterocycles. The van der Waals surface area contributed by atoms with Gasteiger partial charge in [0.05, 0.1) is 16.1 Å². The molecule has 2 rings (SSSR count). The summed E-state index contributed by atoms with van der Waals surface area (Å²) in [4.78, 5) is 0. The van der Waals surface area contributed by atoms with Crippen molar-refractivity contribution in [3.63, 3.8) is 0 Å². The van der Waals surface area contributed by atoms with E-state index in [1.165, 1.54) is 16.7 Å². The van der Waals surface area contributed by atoms with Gasteiger partial charge in [0, 0.05) is 0 Å². The van der Waals surface area contributed by atoms with Crippen LogP contribution in [0.1, 0.15) is 41.6 Å². The Balaban J connectivity index is 2.55. The van der Waals surface area contributed by atoms with E-state index in [9.17, 15) is 0 Å². The van der Waals surface area contributed by atoms with E-state index < -0.39 is 0 Å². The minimum absolute atomic E-state index is 0.0670. The third-order valence-electron chi connectivity index (χ3n) is 3.72. The molecule has 3 heteroatoms. The molecule has 1 N–H and O–H groups in total. The van der Waals surface area contributed by atoms with Gasteiger partial charge < -0.3 is 5.32 Å². The minimum atomic E-state index is 0.0670. The van der Waals surface area contributed by atoms with E-state index in [-0.39, 0.29) is 6.04 Å². The molecule has 0 bridgehead atoms. The van der Waals surface area contributed by atoms with Crippen molar-refractivity contribution in [2.45, 2.75) is 33.2 Å². The van der Waals surface area contributed by atoms with Gasteiger partial charge in [0.15, 0.2) is 0 Å². The summed E-state index contributed by atoms with van der Waals surface area (Å²) in [6.45, 7) is 7.37. The number of nitrogens with one attached hydrogen (secondary N) is 1. The van der Waals surface area contributed by atoms with Crippen molar-refractivity contribution in [2.75, 3.05) is 6.54 Å². The van der Waals surface area contributed by atoms with E-state index in [0.29, 0.717) is 10.0 Å². The van der Waals surface area contributed by atoms with Crippen molar-refractivity contribution in [1.82, 2.24) is 5.32 Å². The SMILES string of the molecule is CCCNC(c1cccc(Cl)c1Cl)c1c(C)cccc1C. The minimum Gasteiger partial charge on any atom is -0.306 e. The summed E-state index contributed by atoms with van der Waals surface area (Å²) in [6.07, 6.45) is 1.07. The summed E-state index contributed by atoms with van der Waals surface area (Å²) in [5.41, 5.74) is 4.85. The number of hydrogen-bond donors (Lipinski definition) is 1. The lowest BCUT2D eigenvalue weighted by Crippen LogP contribution is -2.25. The lowest BCUT2D eigenvalue weighted by Gasteiger charge is -2.24. The van der Waals surface area contributed by atoms with Crippen LogP contribution in [-0.2, 0) is 0 Å². The van der Waals surface area contributed by atoms with Crippen LogP contribution in [0.2, 0.25) is 10.0 Å². The summed E-state index contributed by atoms with van der Waals surface area (Å²) in [5.74, 6) is 0. The van der Waals surface area contributed by atoms with Gasteiger partial charge in [-0.2, -0.15) is 0 Å². The van der Waals surface area contributed by atoms with Gasteiger partial charge in [-0.3, -0.25) is 0 Å². The van der Waals surface area contributed by atoms with Crippen LogP contribution in [0.3, 0.4) is 0 Å². The van der Waals surface area contributed by atoms with Gasteiger partial charge in [0.2, 0.25) is 0 Å². The van der Waals surface area contributed by atoms with Crippen LogP contribution < -0.4 is 5.32 Å². The smallest absolute Gasteiger partial charge is 0.0643 e. The van der Waals surface area contributed by atoms with Gasteiger partial charge in [0.25, 0.3) is 0 Å². The summed E-state index contributed by atoms with van der Waals surface area (Å²) in [5, 5.41) is 4.84. The Hall–Kier alpha value is -1.02. The Morgan fingerprint density at radius 2 is 1.62 bits per heavy atom. The van der Waals surface area contributed by atoms with E-state index in [1.54, 1.807) is 0 Å². The van der Waals surface area contributed by atoms with Crippen LogP contribution in [0.15, 0.2) is 36.4 Å². The average molecular weight is 322 g/mol. The molecule has 0 radical (unpaired) electrons. The molecular weight excluding hydrogens is 301 g/mol. The summed E-state index contributed by atoms with van der Waals surface area (Å²) < 4.78 is 0. The summed E-state index contributed by atoms with van der Waals surface area (Å²) in [6, 6.07) is 12.3. The van der Waals surface area contributed by atoms with Gasteiger partial charge in [-0.25, -0.2) is 0 Å². The second-order valence-corrected chi connectivity index (χ2v) is 6.12. The lowest BCUT2D eigenvalue weighted by molar-refractivity contribution is 0.594. The maximum Gasteiger partial charge on any atom is 0.0643 e. The van der Waals surface area contributed by atoms with Gasteiger partial charge in [0.1, 0.15) is 0 Å². The first-order valence-corrected chi connectivity index (χ1v) is 8.05. The largest absolute Gasteiger partial charge is 0.306 e. The average Bonchev–Trinajstić information content (AvgIpc) is 2.45. The molecule has 0 spiro atoms. The van der Waals surface area contributed by atoms with E-state index in [1.807, 2.05) is 18.2 Å². The third-order valence-corrected chi connectivity index (χ3v) is 4.56. The molecule has 2 aromatic carbocycles. The molecule has 0 aliphatic heterocycles. The lowest BCUT2D eigenvalue weighted by atomic mass is 9.91. The molecule has 1 atom stereocenters. The van der Waals surface area contributed by atoms with Crippen molar-refractivity contribution < 1.29 is 0 Å². The van der Waals surface area contributed by atoms with Gasteiger partial charge in [-0.1, -0.05) is 60.5 Å². The van der Waals surface area contributed by atoms with Crippen molar-refractivity contribution in [3.8, 4) is 0 Å². The number of halogens is 2. The fourth-order valence-electron chi connectivity index (χ4n) is 2.68. The fraction of sp³-hybridized carbons (Fsp3) is 0.333.